The van der Waals surface area contributed by atoms with Crippen LogP contribution in [-0.4, -0.2) is 25.5 Å². The lowest BCUT2D eigenvalue weighted by Crippen LogP contribution is -2.15. The van der Waals surface area contributed by atoms with Gasteiger partial charge < -0.3 is 9.47 Å². The van der Waals surface area contributed by atoms with Gasteiger partial charge in [-0.3, -0.25) is 0 Å². The Balaban J connectivity index is 2.57. The third-order valence-electron chi connectivity index (χ3n) is 2.37. The Morgan fingerprint density at radius 1 is 1.33 bits per heavy atom. The van der Waals surface area contributed by atoms with Crippen LogP contribution in [0.1, 0.15) is 20.3 Å². The minimum atomic E-state index is -4.28. The van der Waals surface area contributed by atoms with Crippen LogP contribution >= 0.6 is 0 Å². The highest BCUT2D eigenvalue weighted by Crippen LogP contribution is 2.29. The predicted molar refractivity (Wildman–Crippen MR) is 63.0 cm³/mol. The number of alkyl halides is 3. The first-order valence-electron chi connectivity index (χ1n) is 5.82. The van der Waals surface area contributed by atoms with Crippen LogP contribution in [0.4, 0.5) is 13.2 Å². The van der Waals surface area contributed by atoms with Gasteiger partial charge in [-0.1, -0.05) is 12.2 Å². The van der Waals surface area contributed by atoms with E-state index in [-0.39, 0.29) is 12.5 Å². The predicted octanol–water partition coefficient (Wildman–Crippen LogP) is 3.76. The molecule has 18 heavy (non-hydrogen) atoms. The van der Waals surface area contributed by atoms with Crippen molar-refractivity contribution in [2.75, 3.05) is 13.2 Å². The minimum absolute atomic E-state index is 0.0846. The van der Waals surface area contributed by atoms with E-state index in [1.807, 2.05) is 13.8 Å². The lowest BCUT2D eigenvalue weighted by Gasteiger charge is -2.13. The molecule has 0 aromatic rings. The summed E-state index contributed by atoms with van der Waals surface area (Å²) in [5.41, 5.74) is -0.574. The summed E-state index contributed by atoms with van der Waals surface area (Å²) in [7, 11) is 0. The van der Waals surface area contributed by atoms with Crippen LogP contribution in [0, 0.1) is 0 Å². The van der Waals surface area contributed by atoms with Gasteiger partial charge in [-0.15, -0.1) is 0 Å². The van der Waals surface area contributed by atoms with Gasteiger partial charge in [0.25, 0.3) is 0 Å². The average Bonchev–Trinajstić information content (AvgIpc) is 2.51. The summed E-state index contributed by atoms with van der Waals surface area (Å²) in [5.74, 6) is 0.417. The van der Waals surface area contributed by atoms with E-state index in [1.54, 1.807) is 6.08 Å². The first-order valence-corrected chi connectivity index (χ1v) is 5.82. The molecule has 0 aliphatic heterocycles. The van der Waals surface area contributed by atoms with Crippen molar-refractivity contribution in [1.29, 1.82) is 0 Å². The molecule has 0 aromatic carbocycles. The van der Waals surface area contributed by atoms with Crippen molar-refractivity contribution < 1.29 is 22.6 Å². The fourth-order valence-electron chi connectivity index (χ4n) is 1.46. The van der Waals surface area contributed by atoms with E-state index in [4.69, 9.17) is 9.47 Å². The highest BCUT2D eigenvalue weighted by Gasteiger charge is 2.32. The molecule has 1 atom stereocenters. The number of halogens is 3. The Kier molecular flexibility index (Phi) is 5.47. The van der Waals surface area contributed by atoms with Crippen LogP contribution in [0.2, 0.25) is 0 Å². The molecule has 1 aliphatic carbocycles. The van der Waals surface area contributed by atoms with Crippen LogP contribution < -0.4 is 0 Å². The molecule has 0 fully saturated rings. The largest absolute Gasteiger partial charge is 0.491 e. The highest BCUT2D eigenvalue weighted by molar-refractivity contribution is 5.29. The topological polar surface area (TPSA) is 18.5 Å². The molecular weight excluding hydrogens is 245 g/mol. The van der Waals surface area contributed by atoms with Gasteiger partial charge in [-0.25, -0.2) is 0 Å². The Labute approximate surface area is 105 Å². The van der Waals surface area contributed by atoms with Crippen LogP contribution in [0.5, 0.6) is 0 Å². The van der Waals surface area contributed by atoms with Crippen LogP contribution in [-0.2, 0) is 9.47 Å². The van der Waals surface area contributed by atoms with Gasteiger partial charge in [0.05, 0.1) is 6.10 Å². The maximum atomic E-state index is 12.5. The van der Waals surface area contributed by atoms with Gasteiger partial charge in [0.15, 0.2) is 0 Å². The second-order valence-electron chi connectivity index (χ2n) is 3.94. The van der Waals surface area contributed by atoms with Gasteiger partial charge in [0, 0.05) is 12.2 Å². The maximum Gasteiger partial charge on any atom is 0.412 e. The molecule has 1 rings (SSSR count). The molecular formula is C13H17F3O2. The zero-order valence-corrected chi connectivity index (χ0v) is 10.5. The third-order valence-corrected chi connectivity index (χ3v) is 2.37. The van der Waals surface area contributed by atoms with Gasteiger partial charge in [0.2, 0.25) is 0 Å². The van der Waals surface area contributed by atoms with Gasteiger partial charge in [-0.05, 0) is 32.4 Å². The van der Waals surface area contributed by atoms with E-state index in [9.17, 15) is 13.2 Å². The van der Waals surface area contributed by atoms with Gasteiger partial charge in [-0.2, -0.15) is 13.2 Å². The van der Waals surface area contributed by atoms with E-state index < -0.39 is 11.7 Å². The van der Waals surface area contributed by atoms with Crippen LogP contribution in [0.15, 0.2) is 35.6 Å². The van der Waals surface area contributed by atoms with Crippen molar-refractivity contribution in [2.45, 2.75) is 32.5 Å². The SMILES string of the molecule is CCOC(C)COC1=CC=C(C(F)(F)F)CC=C1. The molecule has 102 valence electrons. The van der Waals surface area contributed by atoms with Crippen molar-refractivity contribution in [3.05, 3.63) is 35.6 Å². The van der Waals surface area contributed by atoms with Crippen molar-refractivity contribution in [1.82, 2.24) is 0 Å². The summed E-state index contributed by atoms with van der Waals surface area (Å²) in [4.78, 5) is 0. The fraction of sp³-hybridized carbons (Fsp3) is 0.538. The molecule has 0 radical (unpaired) electrons. The Hall–Kier alpha value is -1.23. The summed E-state index contributed by atoms with van der Waals surface area (Å²) in [5, 5.41) is 0. The molecule has 0 bridgehead atoms. The van der Waals surface area contributed by atoms with Crippen LogP contribution in [0.25, 0.3) is 0 Å². The molecule has 1 unspecified atom stereocenters. The Morgan fingerprint density at radius 2 is 2.06 bits per heavy atom. The fourth-order valence-corrected chi connectivity index (χ4v) is 1.46. The maximum absolute atomic E-state index is 12.5. The van der Waals surface area contributed by atoms with Crippen LogP contribution in [0.3, 0.4) is 0 Å². The second-order valence-corrected chi connectivity index (χ2v) is 3.94. The highest BCUT2D eigenvalue weighted by atomic mass is 19.4. The quantitative estimate of drug-likeness (QED) is 0.751. The average molecular weight is 262 g/mol. The molecule has 0 aromatic heterocycles. The number of hydrogen-bond donors (Lipinski definition) is 0. The lowest BCUT2D eigenvalue weighted by atomic mass is 10.2. The molecule has 2 nitrogen and oxygen atoms in total. The van der Waals surface area contributed by atoms with E-state index in [2.05, 4.69) is 0 Å². The van der Waals surface area contributed by atoms with E-state index in [1.165, 1.54) is 12.2 Å². The molecule has 5 heteroatoms. The third kappa shape index (κ3) is 4.96. The second kappa shape index (κ2) is 6.64. The Morgan fingerprint density at radius 3 is 2.67 bits per heavy atom. The first kappa shape index (κ1) is 14.8. The summed E-state index contributed by atoms with van der Waals surface area (Å²) in [6, 6.07) is 0. The molecule has 0 saturated carbocycles. The molecule has 1 aliphatic rings. The number of allylic oxidation sites excluding steroid dienone is 5. The van der Waals surface area contributed by atoms with Gasteiger partial charge in [0.1, 0.15) is 12.4 Å². The Bertz CT molecular complexity index is 354. The normalized spacial score (nSPS) is 17.8. The summed E-state index contributed by atoms with van der Waals surface area (Å²) < 4.78 is 48.1. The lowest BCUT2D eigenvalue weighted by molar-refractivity contribution is -0.0928. The number of rotatable bonds is 5. The van der Waals surface area contributed by atoms with E-state index in [0.717, 1.165) is 6.08 Å². The van der Waals surface area contributed by atoms with E-state index in [0.29, 0.717) is 19.0 Å². The summed E-state index contributed by atoms with van der Waals surface area (Å²) in [6.45, 7) is 4.62. The zero-order valence-electron chi connectivity index (χ0n) is 10.5. The molecule has 0 saturated heterocycles. The molecule has 0 amide bonds. The molecule has 0 N–H and O–H groups in total. The smallest absolute Gasteiger partial charge is 0.412 e. The monoisotopic (exact) mass is 262 g/mol. The van der Waals surface area contributed by atoms with Crippen molar-refractivity contribution in [3.8, 4) is 0 Å². The molecule has 0 heterocycles. The summed E-state index contributed by atoms with van der Waals surface area (Å²) >= 11 is 0. The standard InChI is InChI=1S/C13H17F3O2/c1-3-17-10(2)9-18-12-6-4-5-11(7-8-12)13(14,15)16/h4,6-8,10H,3,5,9H2,1-2H3. The zero-order chi connectivity index (χ0) is 13.6. The molecule has 0 spiro atoms. The van der Waals surface area contributed by atoms with Crippen molar-refractivity contribution in [3.63, 3.8) is 0 Å². The number of ether oxygens (including phenoxy) is 2. The van der Waals surface area contributed by atoms with Crippen molar-refractivity contribution in [2.24, 2.45) is 0 Å². The van der Waals surface area contributed by atoms with Gasteiger partial charge >= 0.3 is 6.18 Å². The van der Waals surface area contributed by atoms with E-state index >= 15 is 0 Å². The van der Waals surface area contributed by atoms with Crippen molar-refractivity contribution >= 4 is 0 Å². The number of hydrogen-bond acceptors (Lipinski definition) is 2. The first-order chi connectivity index (χ1) is 8.43. The minimum Gasteiger partial charge on any atom is -0.491 e. The summed E-state index contributed by atoms with van der Waals surface area (Å²) in [6.07, 6.45) is 0.893.